The number of hydrogen-bond donors (Lipinski definition) is 3. The van der Waals surface area contributed by atoms with Crippen molar-refractivity contribution >= 4 is 44.4 Å². The van der Waals surface area contributed by atoms with E-state index in [0.717, 1.165) is 13.1 Å². The summed E-state index contributed by atoms with van der Waals surface area (Å²) in [6.07, 6.45) is -0.204. The third kappa shape index (κ3) is 6.52. The molecule has 1 aliphatic heterocycles. The summed E-state index contributed by atoms with van der Waals surface area (Å²) in [7, 11) is -3.50. The largest absolute Gasteiger partial charge is 0.481 e. The molecule has 3 aromatic carbocycles. The molecule has 0 unspecified atom stereocenters. The van der Waals surface area contributed by atoms with Crippen molar-refractivity contribution in [1.82, 2.24) is 4.90 Å². The highest BCUT2D eigenvalue weighted by Gasteiger charge is 2.29. The van der Waals surface area contributed by atoms with Crippen LogP contribution >= 0.6 is 0 Å². The van der Waals surface area contributed by atoms with E-state index in [1.165, 1.54) is 30.3 Å². The summed E-state index contributed by atoms with van der Waals surface area (Å²) in [5.74, 6) is -1.93. The van der Waals surface area contributed by atoms with Gasteiger partial charge in [-0.3, -0.25) is 9.59 Å². The lowest BCUT2D eigenvalue weighted by molar-refractivity contribution is -0.136. The second kappa shape index (κ2) is 11.8. The molecule has 0 saturated carbocycles. The van der Waals surface area contributed by atoms with Gasteiger partial charge in [0.25, 0.3) is 5.91 Å². The number of nitrogens with zero attached hydrogens (tertiary/aromatic N) is 1. The Balaban J connectivity index is 1.72. The van der Waals surface area contributed by atoms with Gasteiger partial charge in [0.15, 0.2) is 9.84 Å². The summed E-state index contributed by atoms with van der Waals surface area (Å²) in [5.41, 5.74) is 3.05. The number of amides is 1. The molecule has 3 aromatic rings. The summed E-state index contributed by atoms with van der Waals surface area (Å²) < 4.78 is 39.6. The van der Waals surface area contributed by atoms with Crippen molar-refractivity contribution in [3.63, 3.8) is 0 Å². The number of fused-ring (bicyclic) bond motifs is 1. The van der Waals surface area contributed by atoms with Crippen LogP contribution in [0.4, 0.5) is 15.8 Å². The molecule has 0 fully saturated rings. The predicted molar refractivity (Wildman–Crippen MR) is 150 cm³/mol. The van der Waals surface area contributed by atoms with Crippen LogP contribution < -0.4 is 10.6 Å². The average Bonchev–Trinajstić information content (AvgIpc) is 3.22. The van der Waals surface area contributed by atoms with Gasteiger partial charge in [0.2, 0.25) is 0 Å². The normalized spacial score (nSPS) is 14.2. The van der Waals surface area contributed by atoms with Gasteiger partial charge in [-0.15, -0.1) is 0 Å². The van der Waals surface area contributed by atoms with Crippen molar-refractivity contribution in [1.29, 1.82) is 0 Å². The number of halogens is 1. The maximum Gasteiger partial charge on any atom is 0.307 e. The molecule has 4 rings (SSSR count). The van der Waals surface area contributed by atoms with Crippen molar-refractivity contribution in [3.05, 3.63) is 89.2 Å². The van der Waals surface area contributed by atoms with Gasteiger partial charge in [0.05, 0.1) is 34.0 Å². The quantitative estimate of drug-likeness (QED) is 0.301. The Morgan fingerprint density at radius 2 is 1.74 bits per heavy atom. The SMILES string of the molecule is CCN(CC)CCS(=O)(=O)c1ccc(NC(=C2C(=O)Nc3cc(F)ccc32)c2cccc(CC(=O)O)c2)cc1. The van der Waals surface area contributed by atoms with Crippen LogP contribution in [0.2, 0.25) is 0 Å². The Kier molecular flexibility index (Phi) is 8.47. The number of benzene rings is 3. The van der Waals surface area contributed by atoms with Crippen LogP contribution in [0.25, 0.3) is 11.3 Å². The second-order valence-corrected chi connectivity index (χ2v) is 11.3. The second-order valence-electron chi connectivity index (χ2n) is 9.16. The highest BCUT2D eigenvalue weighted by atomic mass is 32.2. The fourth-order valence-corrected chi connectivity index (χ4v) is 5.77. The number of carbonyl (C=O) groups excluding carboxylic acids is 1. The molecule has 1 heterocycles. The molecule has 0 bridgehead atoms. The third-order valence-corrected chi connectivity index (χ3v) is 8.31. The van der Waals surface area contributed by atoms with Gasteiger partial charge in [-0.05, 0) is 72.7 Å². The van der Waals surface area contributed by atoms with E-state index in [0.29, 0.717) is 40.3 Å². The molecule has 204 valence electrons. The monoisotopic (exact) mass is 551 g/mol. The third-order valence-electron chi connectivity index (χ3n) is 6.60. The summed E-state index contributed by atoms with van der Waals surface area (Å²) in [4.78, 5) is 26.6. The van der Waals surface area contributed by atoms with Gasteiger partial charge in [-0.25, -0.2) is 12.8 Å². The van der Waals surface area contributed by atoms with Gasteiger partial charge in [-0.2, -0.15) is 0 Å². The van der Waals surface area contributed by atoms with E-state index >= 15 is 0 Å². The highest BCUT2D eigenvalue weighted by Crippen LogP contribution is 2.38. The standard InChI is InChI=1S/C29H30FN3O5S/c1-3-33(4-2)14-15-39(37,38)23-11-9-22(10-12-23)31-28(20-7-5-6-19(16-20)17-26(34)35)27-24-13-8-21(30)18-25(24)32-29(27)36/h5-13,16,18,31H,3-4,14-15,17H2,1-2H3,(H,32,36)(H,34,35). The number of carbonyl (C=O) groups is 2. The minimum absolute atomic E-state index is 0.000635. The Hall–Kier alpha value is -4.02. The molecule has 1 aliphatic rings. The van der Waals surface area contributed by atoms with Crippen molar-refractivity contribution in [2.24, 2.45) is 0 Å². The van der Waals surface area contributed by atoms with Crippen molar-refractivity contribution in [2.75, 3.05) is 36.0 Å². The summed E-state index contributed by atoms with van der Waals surface area (Å²) >= 11 is 0. The van der Waals surface area contributed by atoms with Crippen molar-refractivity contribution < 1.29 is 27.5 Å². The summed E-state index contributed by atoms with van der Waals surface area (Å²) in [6.45, 7) is 5.94. The smallest absolute Gasteiger partial charge is 0.307 e. The molecule has 0 spiro atoms. The maximum atomic E-state index is 13.8. The van der Waals surface area contributed by atoms with E-state index in [4.69, 9.17) is 0 Å². The Bertz CT molecular complexity index is 1530. The lowest BCUT2D eigenvalue weighted by Crippen LogP contribution is -2.29. The van der Waals surface area contributed by atoms with Crippen LogP contribution in [0.15, 0.2) is 71.6 Å². The minimum Gasteiger partial charge on any atom is -0.481 e. The van der Waals surface area contributed by atoms with Crippen LogP contribution in [-0.2, 0) is 25.8 Å². The average molecular weight is 552 g/mol. The van der Waals surface area contributed by atoms with Crippen LogP contribution in [0.1, 0.15) is 30.5 Å². The summed E-state index contributed by atoms with van der Waals surface area (Å²) in [5, 5.41) is 15.2. The van der Waals surface area contributed by atoms with E-state index in [1.54, 1.807) is 36.4 Å². The van der Waals surface area contributed by atoms with E-state index in [2.05, 4.69) is 10.6 Å². The fraction of sp³-hybridized carbons (Fsp3) is 0.241. The number of aliphatic carboxylic acids is 1. The lowest BCUT2D eigenvalue weighted by Gasteiger charge is -2.18. The zero-order chi connectivity index (χ0) is 28.2. The van der Waals surface area contributed by atoms with Crippen molar-refractivity contribution in [3.8, 4) is 0 Å². The minimum atomic E-state index is -3.50. The first-order chi connectivity index (χ1) is 18.6. The Morgan fingerprint density at radius 3 is 2.41 bits per heavy atom. The predicted octanol–water partition coefficient (Wildman–Crippen LogP) is 4.50. The van der Waals surface area contributed by atoms with Gasteiger partial charge >= 0.3 is 5.97 Å². The first kappa shape index (κ1) is 28.0. The maximum absolute atomic E-state index is 13.8. The molecule has 0 atom stereocenters. The molecule has 8 nitrogen and oxygen atoms in total. The van der Waals surface area contributed by atoms with Gasteiger partial charge < -0.3 is 20.6 Å². The number of carboxylic acids is 1. The zero-order valence-corrected chi connectivity index (χ0v) is 22.5. The molecule has 3 N–H and O–H groups in total. The number of sulfone groups is 1. The topological polar surface area (TPSA) is 116 Å². The van der Waals surface area contributed by atoms with E-state index < -0.39 is 27.5 Å². The number of carboxylic acid groups (broad SMARTS) is 1. The molecule has 0 aliphatic carbocycles. The Labute approximate surface area is 227 Å². The van der Waals surface area contributed by atoms with Gasteiger partial charge in [0.1, 0.15) is 5.82 Å². The lowest BCUT2D eigenvalue weighted by atomic mass is 9.98. The van der Waals surface area contributed by atoms with Gasteiger partial charge in [0, 0.05) is 17.8 Å². The highest BCUT2D eigenvalue weighted by molar-refractivity contribution is 7.91. The molecule has 10 heteroatoms. The number of rotatable bonds is 11. The van der Waals surface area contributed by atoms with Gasteiger partial charge in [-0.1, -0.05) is 32.0 Å². The number of hydrogen-bond acceptors (Lipinski definition) is 6. The molecule has 39 heavy (non-hydrogen) atoms. The van der Waals surface area contributed by atoms with Crippen LogP contribution in [0.3, 0.4) is 0 Å². The summed E-state index contributed by atoms with van der Waals surface area (Å²) in [6, 6.07) is 17.0. The fourth-order valence-electron chi connectivity index (χ4n) is 4.48. The molecule has 0 radical (unpaired) electrons. The van der Waals surface area contributed by atoms with Crippen LogP contribution in [0, 0.1) is 5.82 Å². The van der Waals surface area contributed by atoms with E-state index in [9.17, 15) is 27.5 Å². The molecule has 0 aromatic heterocycles. The van der Waals surface area contributed by atoms with E-state index in [1.807, 2.05) is 18.7 Å². The number of anilines is 2. The first-order valence-corrected chi connectivity index (χ1v) is 14.3. The van der Waals surface area contributed by atoms with Crippen LogP contribution in [-0.4, -0.2) is 55.7 Å². The molecular weight excluding hydrogens is 521 g/mol. The van der Waals surface area contributed by atoms with Crippen molar-refractivity contribution in [2.45, 2.75) is 25.2 Å². The zero-order valence-electron chi connectivity index (χ0n) is 21.7. The number of nitrogens with one attached hydrogen (secondary N) is 2. The van der Waals surface area contributed by atoms with E-state index in [-0.39, 0.29) is 22.6 Å². The molecule has 1 amide bonds. The Morgan fingerprint density at radius 1 is 1.03 bits per heavy atom. The molecule has 0 saturated heterocycles. The first-order valence-electron chi connectivity index (χ1n) is 12.6. The van der Waals surface area contributed by atoms with Crippen LogP contribution in [0.5, 0.6) is 0 Å². The molecular formula is C29H30FN3O5S.